The Bertz CT molecular complexity index is 755. The second kappa shape index (κ2) is 11.5. The number of hydrogen-bond donors (Lipinski definition) is 2. The van der Waals surface area contributed by atoms with Crippen molar-refractivity contribution in [1.82, 2.24) is 15.8 Å². The fourth-order valence-electron chi connectivity index (χ4n) is 3.55. The SMILES string of the molecule is CCNC(=NCc1cc(C(C)C)no1)NCC1(c2ccccc2)CCOCC1.I. The number of aliphatic imine (C=N–C) groups is 1. The number of nitrogens with zero attached hydrogens (tertiary/aromatic N) is 2. The number of nitrogens with one attached hydrogen (secondary N) is 2. The molecule has 0 radical (unpaired) electrons. The van der Waals surface area contributed by atoms with Crippen molar-refractivity contribution in [2.75, 3.05) is 26.3 Å². The van der Waals surface area contributed by atoms with E-state index in [-0.39, 0.29) is 29.4 Å². The molecule has 0 atom stereocenters. The molecule has 0 spiro atoms. The summed E-state index contributed by atoms with van der Waals surface area (Å²) in [5.41, 5.74) is 2.39. The van der Waals surface area contributed by atoms with E-state index < -0.39 is 0 Å². The molecule has 0 amide bonds. The molecule has 2 aromatic rings. The van der Waals surface area contributed by atoms with Gasteiger partial charge in [0.25, 0.3) is 0 Å². The van der Waals surface area contributed by atoms with Gasteiger partial charge in [0.05, 0.1) is 5.69 Å². The highest BCUT2D eigenvalue weighted by Crippen LogP contribution is 2.34. The maximum Gasteiger partial charge on any atom is 0.191 e. The van der Waals surface area contributed by atoms with Crippen LogP contribution in [0.15, 0.2) is 45.9 Å². The predicted molar refractivity (Wildman–Crippen MR) is 127 cm³/mol. The monoisotopic (exact) mass is 512 g/mol. The molecular formula is C22H33IN4O2. The molecule has 6 nitrogen and oxygen atoms in total. The van der Waals surface area contributed by atoms with Crippen molar-refractivity contribution in [3.8, 4) is 0 Å². The third-order valence-corrected chi connectivity index (χ3v) is 5.34. The van der Waals surface area contributed by atoms with Gasteiger partial charge < -0.3 is 19.9 Å². The van der Waals surface area contributed by atoms with Crippen molar-refractivity contribution >= 4 is 29.9 Å². The summed E-state index contributed by atoms with van der Waals surface area (Å²) in [6, 6.07) is 12.7. The summed E-state index contributed by atoms with van der Waals surface area (Å²) < 4.78 is 11.0. The molecule has 0 bridgehead atoms. The first kappa shape index (κ1) is 23.7. The number of hydrogen-bond acceptors (Lipinski definition) is 4. The Balaban J connectivity index is 0.00000300. The maximum atomic E-state index is 5.63. The summed E-state index contributed by atoms with van der Waals surface area (Å²) in [7, 11) is 0. The first-order valence-electron chi connectivity index (χ1n) is 10.2. The summed E-state index contributed by atoms with van der Waals surface area (Å²) >= 11 is 0. The van der Waals surface area contributed by atoms with Gasteiger partial charge in [0, 0.05) is 37.8 Å². The van der Waals surface area contributed by atoms with Crippen molar-refractivity contribution in [2.45, 2.75) is 51.5 Å². The Morgan fingerprint density at radius 3 is 2.52 bits per heavy atom. The van der Waals surface area contributed by atoms with Crippen molar-refractivity contribution in [3.63, 3.8) is 0 Å². The van der Waals surface area contributed by atoms with Crippen LogP contribution in [0.5, 0.6) is 0 Å². The van der Waals surface area contributed by atoms with Crippen LogP contribution in [0.2, 0.25) is 0 Å². The third kappa shape index (κ3) is 6.44. The van der Waals surface area contributed by atoms with E-state index in [0.29, 0.717) is 12.5 Å². The molecule has 160 valence electrons. The number of benzene rings is 1. The van der Waals surface area contributed by atoms with Gasteiger partial charge in [-0.25, -0.2) is 4.99 Å². The first-order valence-corrected chi connectivity index (χ1v) is 10.2. The average Bonchev–Trinajstić information content (AvgIpc) is 3.21. The Kier molecular flexibility index (Phi) is 9.42. The lowest BCUT2D eigenvalue weighted by Gasteiger charge is -2.38. The second-order valence-electron chi connectivity index (χ2n) is 7.68. The molecule has 0 aliphatic carbocycles. The van der Waals surface area contributed by atoms with Crippen LogP contribution in [0.4, 0.5) is 0 Å². The van der Waals surface area contributed by atoms with Crippen LogP contribution in [0.3, 0.4) is 0 Å². The number of ether oxygens (including phenoxy) is 1. The van der Waals surface area contributed by atoms with Crippen LogP contribution in [-0.4, -0.2) is 37.4 Å². The number of rotatable bonds is 7. The fourth-order valence-corrected chi connectivity index (χ4v) is 3.55. The molecular weight excluding hydrogens is 479 g/mol. The van der Waals surface area contributed by atoms with E-state index in [1.807, 2.05) is 6.07 Å². The molecule has 2 heterocycles. The fraction of sp³-hybridized carbons (Fsp3) is 0.545. The van der Waals surface area contributed by atoms with Gasteiger partial charge in [-0.1, -0.05) is 49.3 Å². The van der Waals surface area contributed by atoms with E-state index in [2.05, 4.69) is 66.9 Å². The van der Waals surface area contributed by atoms with Gasteiger partial charge in [-0.2, -0.15) is 0 Å². The molecule has 1 fully saturated rings. The normalized spacial score (nSPS) is 16.3. The zero-order valence-corrected chi connectivity index (χ0v) is 19.9. The van der Waals surface area contributed by atoms with Crippen molar-refractivity contribution in [3.05, 3.63) is 53.4 Å². The molecule has 1 aromatic carbocycles. The van der Waals surface area contributed by atoms with E-state index in [1.54, 1.807) is 0 Å². The summed E-state index contributed by atoms with van der Waals surface area (Å²) in [5.74, 6) is 1.93. The van der Waals surface area contributed by atoms with E-state index in [1.165, 1.54) is 5.56 Å². The quantitative estimate of drug-likeness (QED) is 0.330. The molecule has 29 heavy (non-hydrogen) atoms. The smallest absolute Gasteiger partial charge is 0.191 e. The van der Waals surface area contributed by atoms with Gasteiger partial charge in [-0.05, 0) is 31.2 Å². The minimum absolute atomic E-state index is 0. The van der Waals surface area contributed by atoms with E-state index >= 15 is 0 Å². The van der Waals surface area contributed by atoms with Crippen molar-refractivity contribution < 1.29 is 9.26 Å². The highest BCUT2D eigenvalue weighted by atomic mass is 127. The molecule has 1 saturated heterocycles. The van der Waals surface area contributed by atoms with E-state index in [0.717, 1.165) is 56.6 Å². The van der Waals surface area contributed by atoms with Gasteiger partial charge in [-0.3, -0.25) is 0 Å². The lowest BCUT2D eigenvalue weighted by atomic mass is 9.74. The first-order chi connectivity index (χ1) is 13.6. The lowest BCUT2D eigenvalue weighted by Crippen LogP contribution is -2.48. The molecule has 1 aliphatic heterocycles. The maximum absolute atomic E-state index is 5.63. The second-order valence-corrected chi connectivity index (χ2v) is 7.68. The van der Waals surface area contributed by atoms with Crippen LogP contribution in [-0.2, 0) is 16.7 Å². The highest BCUT2D eigenvalue weighted by molar-refractivity contribution is 14.0. The van der Waals surface area contributed by atoms with Crippen LogP contribution in [0, 0.1) is 0 Å². The summed E-state index contributed by atoms with van der Waals surface area (Å²) in [5, 5.41) is 11.0. The van der Waals surface area contributed by atoms with Crippen LogP contribution in [0.25, 0.3) is 0 Å². The predicted octanol–water partition coefficient (Wildman–Crippen LogP) is 4.22. The lowest BCUT2D eigenvalue weighted by molar-refractivity contribution is 0.0514. The topological polar surface area (TPSA) is 71.7 Å². The molecule has 0 unspecified atom stereocenters. The minimum Gasteiger partial charge on any atom is -0.381 e. The zero-order valence-electron chi connectivity index (χ0n) is 17.6. The molecule has 0 saturated carbocycles. The molecule has 2 N–H and O–H groups in total. The number of aromatic nitrogens is 1. The number of halogens is 1. The van der Waals surface area contributed by atoms with Crippen molar-refractivity contribution in [2.24, 2.45) is 4.99 Å². The Hall–Kier alpha value is -1.61. The largest absolute Gasteiger partial charge is 0.381 e. The Morgan fingerprint density at radius 1 is 1.17 bits per heavy atom. The van der Waals surface area contributed by atoms with Gasteiger partial charge in [0.2, 0.25) is 0 Å². The average molecular weight is 512 g/mol. The van der Waals surface area contributed by atoms with E-state index in [4.69, 9.17) is 14.3 Å². The standard InChI is InChI=1S/C22H32N4O2.HI/c1-4-23-21(24-15-19-14-20(17(2)3)26-28-19)25-16-22(10-12-27-13-11-22)18-8-6-5-7-9-18;/h5-9,14,17H,4,10-13,15-16H2,1-3H3,(H2,23,24,25);1H. The molecule has 1 aliphatic rings. The molecule has 1 aromatic heterocycles. The summed E-state index contributed by atoms with van der Waals surface area (Å²) in [4.78, 5) is 4.69. The van der Waals surface area contributed by atoms with Gasteiger partial charge in [0.1, 0.15) is 6.54 Å². The highest BCUT2D eigenvalue weighted by Gasteiger charge is 2.34. The summed E-state index contributed by atoms with van der Waals surface area (Å²) in [6.45, 7) is 9.96. The van der Waals surface area contributed by atoms with Gasteiger partial charge in [0.15, 0.2) is 11.7 Å². The van der Waals surface area contributed by atoms with Gasteiger partial charge in [-0.15, -0.1) is 24.0 Å². The number of guanidine groups is 1. The Labute approximate surface area is 190 Å². The molecule has 7 heteroatoms. The van der Waals surface area contributed by atoms with E-state index in [9.17, 15) is 0 Å². The minimum atomic E-state index is 0. The third-order valence-electron chi connectivity index (χ3n) is 5.34. The molecule has 3 rings (SSSR count). The van der Waals surface area contributed by atoms with Crippen LogP contribution >= 0.6 is 24.0 Å². The summed E-state index contributed by atoms with van der Waals surface area (Å²) in [6.07, 6.45) is 2.01. The van der Waals surface area contributed by atoms with Crippen molar-refractivity contribution in [1.29, 1.82) is 0 Å². The zero-order chi connectivity index (χ0) is 19.8. The van der Waals surface area contributed by atoms with Gasteiger partial charge >= 0.3 is 0 Å². The van der Waals surface area contributed by atoms with Crippen LogP contribution < -0.4 is 10.6 Å². The van der Waals surface area contributed by atoms with Crippen LogP contribution in [0.1, 0.15) is 56.5 Å². The Morgan fingerprint density at radius 2 is 1.90 bits per heavy atom.